The van der Waals surface area contributed by atoms with Crippen LogP contribution < -0.4 is 10.2 Å². The molecule has 2 rings (SSSR count). The first kappa shape index (κ1) is 15.5. The molecule has 116 valence electrons. The number of anilines is 2. The maximum absolute atomic E-state index is 11.2. The maximum Gasteiger partial charge on any atom is 0.311 e. The van der Waals surface area contributed by atoms with Gasteiger partial charge in [0.25, 0.3) is 0 Å². The molecule has 0 bridgehead atoms. The van der Waals surface area contributed by atoms with Gasteiger partial charge in [0.15, 0.2) is 0 Å². The average Bonchev–Trinajstić information content (AvgIpc) is 2.47. The number of rotatable bonds is 5. The van der Waals surface area contributed by atoms with E-state index in [0.29, 0.717) is 17.7 Å². The van der Waals surface area contributed by atoms with Crippen LogP contribution in [0.4, 0.5) is 17.3 Å². The summed E-state index contributed by atoms with van der Waals surface area (Å²) in [5, 5.41) is 14.3. The predicted octanol–water partition coefficient (Wildman–Crippen LogP) is 1.95. The maximum atomic E-state index is 11.2. The highest BCUT2D eigenvalue weighted by Gasteiger charge is 2.26. The number of hydrogen-bond acceptors (Lipinski definition) is 6. The van der Waals surface area contributed by atoms with Gasteiger partial charge in [-0.2, -0.15) is 0 Å². The molecule has 7 nitrogen and oxygen atoms in total. The topological polar surface area (TPSA) is 74.5 Å². The van der Waals surface area contributed by atoms with Crippen molar-refractivity contribution in [3.05, 3.63) is 22.2 Å². The van der Waals surface area contributed by atoms with Gasteiger partial charge in [0, 0.05) is 44.8 Å². The predicted molar refractivity (Wildman–Crippen MR) is 84.0 cm³/mol. The monoisotopic (exact) mass is 293 g/mol. The Morgan fingerprint density at radius 3 is 2.52 bits per heavy atom. The van der Waals surface area contributed by atoms with E-state index < -0.39 is 0 Å². The third-order valence-electron chi connectivity index (χ3n) is 3.75. The molecule has 0 atom stereocenters. The van der Waals surface area contributed by atoms with Gasteiger partial charge in [0.05, 0.1) is 4.92 Å². The Balaban J connectivity index is 2.21. The summed E-state index contributed by atoms with van der Waals surface area (Å²) in [4.78, 5) is 19.7. The van der Waals surface area contributed by atoms with Crippen LogP contribution in [0.15, 0.2) is 12.1 Å². The van der Waals surface area contributed by atoms with Crippen molar-refractivity contribution in [2.75, 3.05) is 42.9 Å². The molecule has 0 radical (unpaired) electrons. The molecular formula is C14H23N5O2. The molecule has 0 aromatic carbocycles. The largest absolute Gasteiger partial charge is 0.370 e. The number of piperazine rings is 1. The Hall–Kier alpha value is -1.89. The van der Waals surface area contributed by atoms with Gasteiger partial charge in [-0.25, -0.2) is 4.98 Å². The molecular weight excluding hydrogens is 270 g/mol. The standard InChI is InChI=1S/C14H23N5O2/c1-4-15-13-6-5-12(19(20)21)14(16-13)18-9-7-17(8-10-18)11(2)3/h5-6,11H,4,7-10H2,1-3H3,(H,15,16). The fraction of sp³-hybridized carbons (Fsp3) is 0.643. The Morgan fingerprint density at radius 1 is 1.33 bits per heavy atom. The molecule has 1 N–H and O–H groups in total. The van der Waals surface area contributed by atoms with Crippen LogP contribution in [0.25, 0.3) is 0 Å². The van der Waals surface area contributed by atoms with Crippen molar-refractivity contribution in [1.29, 1.82) is 0 Å². The van der Waals surface area contributed by atoms with Crippen molar-refractivity contribution in [2.45, 2.75) is 26.8 Å². The Bertz CT molecular complexity index is 498. The zero-order chi connectivity index (χ0) is 15.4. The van der Waals surface area contributed by atoms with E-state index in [2.05, 4.69) is 29.0 Å². The zero-order valence-corrected chi connectivity index (χ0v) is 12.9. The van der Waals surface area contributed by atoms with Crippen LogP contribution in [0.2, 0.25) is 0 Å². The Labute approximate surface area is 125 Å². The normalized spacial score (nSPS) is 16.3. The van der Waals surface area contributed by atoms with E-state index in [4.69, 9.17) is 0 Å². The number of nitro groups is 1. The van der Waals surface area contributed by atoms with Gasteiger partial charge in [0.2, 0.25) is 5.82 Å². The second-order valence-electron chi connectivity index (χ2n) is 5.44. The minimum Gasteiger partial charge on any atom is -0.370 e. The van der Waals surface area contributed by atoms with Crippen molar-refractivity contribution in [3.8, 4) is 0 Å². The van der Waals surface area contributed by atoms with Gasteiger partial charge in [-0.3, -0.25) is 15.0 Å². The summed E-state index contributed by atoms with van der Waals surface area (Å²) in [7, 11) is 0. The quantitative estimate of drug-likeness (QED) is 0.660. The molecule has 1 aromatic heterocycles. The number of pyridine rings is 1. The molecule has 1 saturated heterocycles. The second kappa shape index (κ2) is 6.71. The van der Waals surface area contributed by atoms with E-state index in [1.807, 2.05) is 11.8 Å². The van der Waals surface area contributed by atoms with Gasteiger partial charge in [0.1, 0.15) is 5.82 Å². The number of nitrogens with one attached hydrogen (secondary N) is 1. The van der Waals surface area contributed by atoms with Crippen LogP contribution in [-0.2, 0) is 0 Å². The molecule has 1 aliphatic heterocycles. The molecule has 7 heteroatoms. The SMILES string of the molecule is CCNc1ccc([N+](=O)[O-])c(N2CCN(C(C)C)CC2)n1. The second-order valence-corrected chi connectivity index (χ2v) is 5.44. The summed E-state index contributed by atoms with van der Waals surface area (Å²) in [5.74, 6) is 1.16. The van der Waals surface area contributed by atoms with E-state index >= 15 is 0 Å². The number of nitrogens with zero attached hydrogens (tertiary/aromatic N) is 4. The Morgan fingerprint density at radius 2 is 2.00 bits per heavy atom. The summed E-state index contributed by atoms with van der Waals surface area (Å²) in [6, 6.07) is 3.70. The van der Waals surface area contributed by atoms with Gasteiger partial charge in [-0.05, 0) is 26.8 Å². The third kappa shape index (κ3) is 3.60. The summed E-state index contributed by atoms with van der Waals surface area (Å²) in [6.07, 6.45) is 0. The molecule has 0 aliphatic carbocycles. The average molecular weight is 293 g/mol. The van der Waals surface area contributed by atoms with Crippen LogP contribution in [0.5, 0.6) is 0 Å². The van der Waals surface area contributed by atoms with E-state index in [0.717, 1.165) is 32.7 Å². The van der Waals surface area contributed by atoms with Gasteiger partial charge >= 0.3 is 5.69 Å². The third-order valence-corrected chi connectivity index (χ3v) is 3.75. The highest BCUT2D eigenvalue weighted by molar-refractivity contribution is 5.62. The number of hydrogen-bond donors (Lipinski definition) is 1. The number of aromatic nitrogens is 1. The minimum absolute atomic E-state index is 0.0784. The fourth-order valence-corrected chi connectivity index (χ4v) is 2.55. The molecule has 1 aliphatic rings. The molecule has 0 saturated carbocycles. The van der Waals surface area contributed by atoms with Crippen molar-refractivity contribution >= 4 is 17.3 Å². The van der Waals surface area contributed by atoms with Gasteiger partial charge < -0.3 is 10.2 Å². The first-order valence-electron chi connectivity index (χ1n) is 7.41. The molecule has 0 spiro atoms. The van der Waals surface area contributed by atoms with Crippen molar-refractivity contribution in [3.63, 3.8) is 0 Å². The lowest BCUT2D eigenvalue weighted by Crippen LogP contribution is -2.49. The Kier molecular flexibility index (Phi) is 4.95. The molecule has 1 aromatic rings. The highest BCUT2D eigenvalue weighted by atomic mass is 16.6. The molecule has 0 amide bonds. The lowest BCUT2D eigenvalue weighted by molar-refractivity contribution is -0.384. The van der Waals surface area contributed by atoms with Gasteiger partial charge in [-0.1, -0.05) is 0 Å². The first-order chi connectivity index (χ1) is 10.0. The van der Waals surface area contributed by atoms with Crippen LogP contribution in [0, 0.1) is 10.1 Å². The first-order valence-corrected chi connectivity index (χ1v) is 7.41. The van der Waals surface area contributed by atoms with Crippen LogP contribution in [0.3, 0.4) is 0 Å². The van der Waals surface area contributed by atoms with Crippen LogP contribution in [-0.4, -0.2) is 53.6 Å². The summed E-state index contributed by atoms with van der Waals surface area (Å²) < 4.78 is 0. The van der Waals surface area contributed by atoms with Crippen molar-refractivity contribution in [1.82, 2.24) is 9.88 Å². The summed E-state index contributed by atoms with van der Waals surface area (Å²) in [6.45, 7) is 10.4. The molecule has 1 fully saturated rings. The van der Waals surface area contributed by atoms with E-state index in [1.165, 1.54) is 6.07 Å². The summed E-state index contributed by atoms with van der Waals surface area (Å²) >= 11 is 0. The lowest BCUT2D eigenvalue weighted by Gasteiger charge is -2.37. The minimum atomic E-state index is -0.354. The fourth-order valence-electron chi connectivity index (χ4n) is 2.55. The smallest absolute Gasteiger partial charge is 0.311 e. The molecule has 21 heavy (non-hydrogen) atoms. The lowest BCUT2D eigenvalue weighted by atomic mass is 10.2. The zero-order valence-electron chi connectivity index (χ0n) is 12.9. The van der Waals surface area contributed by atoms with Crippen molar-refractivity contribution < 1.29 is 4.92 Å². The van der Waals surface area contributed by atoms with E-state index in [9.17, 15) is 10.1 Å². The highest BCUT2D eigenvalue weighted by Crippen LogP contribution is 2.28. The van der Waals surface area contributed by atoms with Crippen LogP contribution in [0.1, 0.15) is 20.8 Å². The van der Waals surface area contributed by atoms with Gasteiger partial charge in [-0.15, -0.1) is 0 Å². The molecule has 2 heterocycles. The molecule has 0 unspecified atom stereocenters. The van der Waals surface area contributed by atoms with E-state index in [-0.39, 0.29) is 10.6 Å². The van der Waals surface area contributed by atoms with Crippen LogP contribution >= 0.6 is 0 Å². The van der Waals surface area contributed by atoms with Crippen molar-refractivity contribution in [2.24, 2.45) is 0 Å². The van der Waals surface area contributed by atoms with E-state index in [1.54, 1.807) is 6.07 Å². The summed E-state index contributed by atoms with van der Waals surface area (Å²) in [5.41, 5.74) is 0.0784.